The first-order valence-corrected chi connectivity index (χ1v) is 18.0. The van der Waals surface area contributed by atoms with Gasteiger partial charge in [-0.1, -0.05) is 135 Å². The molecule has 0 saturated heterocycles. The molecular formula is C49H38N2. The third-order valence-electron chi connectivity index (χ3n) is 11.5. The highest BCUT2D eigenvalue weighted by molar-refractivity contribution is 5.96. The normalized spacial score (nSPS) is 18.4. The van der Waals surface area contributed by atoms with E-state index in [1.165, 1.54) is 72.7 Å². The first kappa shape index (κ1) is 29.8. The molecule has 0 aromatic heterocycles. The highest BCUT2D eigenvalue weighted by atomic mass is 15.1. The van der Waals surface area contributed by atoms with Gasteiger partial charge in [-0.25, -0.2) is 0 Å². The first-order chi connectivity index (χ1) is 25.0. The fourth-order valence-corrected chi connectivity index (χ4v) is 8.74. The molecule has 4 aliphatic rings. The Labute approximate surface area is 300 Å². The second kappa shape index (κ2) is 11.5. The number of rotatable bonds is 3. The molecule has 2 heterocycles. The summed E-state index contributed by atoms with van der Waals surface area (Å²) in [5, 5.41) is 3.64. The van der Waals surface area contributed by atoms with Crippen LogP contribution in [0.15, 0.2) is 152 Å². The Bertz CT molecular complexity index is 2490. The van der Waals surface area contributed by atoms with Crippen LogP contribution in [0, 0.1) is 5.92 Å². The van der Waals surface area contributed by atoms with Gasteiger partial charge in [0, 0.05) is 23.0 Å². The highest BCUT2D eigenvalue weighted by Crippen LogP contribution is 2.55. The van der Waals surface area contributed by atoms with Crippen molar-refractivity contribution in [3.63, 3.8) is 0 Å². The van der Waals surface area contributed by atoms with E-state index in [1.807, 2.05) is 0 Å². The number of anilines is 5. The van der Waals surface area contributed by atoms with Gasteiger partial charge in [0.05, 0.1) is 11.4 Å². The van der Waals surface area contributed by atoms with E-state index in [4.69, 9.17) is 0 Å². The fraction of sp³-hybridized carbons (Fsp3) is 0.102. The second-order valence-electron chi connectivity index (χ2n) is 14.7. The second-order valence-corrected chi connectivity index (χ2v) is 14.7. The van der Waals surface area contributed by atoms with Crippen LogP contribution in [0.2, 0.25) is 0 Å². The van der Waals surface area contributed by atoms with Crippen LogP contribution in [0.1, 0.15) is 53.1 Å². The molecular weight excluding hydrogens is 617 g/mol. The van der Waals surface area contributed by atoms with Gasteiger partial charge in [-0.3, -0.25) is 0 Å². The maximum absolute atomic E-state index is 3.64. The lowest BCUT2D eigenvalue weighted by Crippen LogP contribution is -2.24. The standard InChI is InChI=1S/C49H38N2/c1-49(2)43-14-8-7-13-41(43)42-24-23-40(31-44(42)49)51-47-26-21-34(32-10-4-3-5-11-32)29-38(47)18-19-39-30-36(22-27-48(39)51)35-20-25-46-37(28-35)17-16-33-12-6-9-15-45(33)50-46/h3-31,41,43,50H,1-2H3. The number of allylic oxidation sites excluding steroid dienone is 4. The predicted molar refractivity (Wildman–Crippen MR) is 217 cm³/mol. The molecule has 0 radical (unpaired) electrons. The summed E-state index contributed by atoms with van der Waals surface area (Å²) in [5.74, 6) is 0.893. The molecule has 0 fully saturated rings. The summed E-state index contributed by atoms with van der Waals surface area (Å²) >= 11 is 0. The Morgan fingerprint density at radius 3 is 1.90 bits per heavy atom. The maximum atomic E-state index is 3.64. The zero-order chi connectivity index (χ0) is 34.1. The lowest BCUT2D eigenvalue weighted by molar-refractivity contribution is 0.394. The van der Waals surface area contributed by atoms with Gasteiger partial charge in [-0.15, -0.1) is 0 Å². The topological polar surface area (TPSA) is 15.3 Å². The summed E-state index contributed by atoms with van der Waals surface area (Å²) in [6.45, 7) is 4.83. The third-order valence-corrected chi connectivity index (χ3v) is 11.5. The maximum Gasteiger partial charge on any atom is 0.0534 e. The van der Waals surface area contributed by atoms with Crippen LogP contribution in [0.5, 0.6) is 0 Å². The summed E-state index contributed by atoms with van der Waals surface area (Å²) in [7, 11) is 0. The van der Waals surface area contributed by atoms with E-state index < -0.39 is 0 Å². The molecule has 2 atom stereocenters. The summed E-state index contributed by atoms with van der Waals surface area (Å²) < 4.78 is 0. The molecule has 10 rings (SSSR count). The lowest BCUT2D eigenvalue weighted by atomic mass is 9.74. The van der Waals surface area contributed by atoms with E-state index in [0.717, 1.165) is 11.4 Å². The van der Waals surface area contributed by atoms with E-state index in [9.17, 15) is 0 Å². The van der Waals surface area contributed by atoms with Gasteiger partial charge in [0.2, 0.25) is 0 Å². The van der Waals surface area contributed by atoms with E-state index in [2.05, 4.69) is 200 Å². The molecule has 244 valence electrons. The van der Waals surface area contributed by atoms with Crippen molar-refractivity contribution in [1.82, 2.24) is 0 Å². The molecule has 2 unspecified atom stereocenters. The zero-order valence-electron chi connectivity index (χ0n) is 28.8. The first-order valence-electron chi connectivity index (χ1n) is 18.0. The molecule has 0 saturated carbocycles. The molecule has 1 N–H and O–H groups in total. The molecule has 2 aliphatic heterocycles. The number of hydrogen-bond acceptors (Lipinski definition) is 2. The van der Waals surface area contributed by atoms with E-state index >= 15 is 0 Å². The Morgan fingerprint density at radius 1 is 0.510 bits per heavy atom. The van der Waals surface area contributed by atoms with Crippen LogP contribution in [0.25, 0.3) is 46.6 Å². The van der Waals surface area contributed by atoms with Gasteiger partial charge in [0.1, 0.15) is 0 Å². The van der Waals surface area contributed by atoms with Crippen molar-refractivity contribution in [3.05, 3.63) is 185 Å². The van der Waals surface area contributed by atoms with Crippen LogP contribution < -0.4 is 10.2 Å². The molecule has 2 nitrogen and oxygen atoms in total. The van der Waals surface area contributed by atoms with Crippen LogP contribution in [-0.2, 0) is 5.41 Å². The van der Waals surface area contributed by atoms with Crippen molar-refractivity contribution >= 4 is 52.7 Å². The van der Waals surface area contributed by atoms with E-state index in [0.29, 0.717) is 11.8 Å². The Hall–Kier alpha value is -6.12. The number of nitrogens with one attached hydrogen (secondary N) is 1. The number of nitrogens with zero attached hydrogens (tertiary/aromatic N) is 1. The van der Waals surface area contributed by atoms with Gasteiger partial charge in [0.25, 0.3) is 0 Å². The Morgan fingerprint density at radius 2 is 1.12 bits per heavy atom. The molecule has 51 heavy (non-hydrogen) atoms. The van der Waals surface area contributed by atoms with E-state index in [-0.39, 0.29) is 5.41 Å². The van der Waals surface area contributed by atoms with Crippen LogP contribution >= 0.6 is 0 Å². The van der Waals surface area contributed by atoms with Crippen molar-refractivity contribution in [2.75, 3.05) is 10.2 Å². The summed E-state index contributed by atoms with van der Waals surface area (Å²) in [4.78, 5) is 2.48. The third kappa shape index (κ3) is 4.86. The molecule has 0 amide bonds. The van der Waals surface area contributed by atoms with Gasteiger partial charge < -0.3 is 10.2 Å². The molecule has 0 bridgehead atoms. The van der Waals surface area contributed by atoms with Crippen LogP contribution in [0.3, 0.4) is 0 Å². The molecule has 0 spiro atoms. The Balaban J connectivity index is 1.10. The SMILES string of the molecule is CC1(C)c2cc(N3c4ccc(-c5ccccc5)cc4C=Cc4cc(-c5ccc6c(c5)C=Cc5ccccc5N6)ccc43)ccc2C2C=CC=CC21. The van der Waals surface area contributed by atoms with Crippen molar-refractivity contribution < 1.29 is 0 Å². The average Bonchev–Trinajstić information content (AvgIpc) is 3.31. The predicted octanol–water partition coefficient (Wildman–Crippen LogP) is 13.3. The van der Waals surface area contributed by atoms with Crippen molar-refractivity contribution in [3.8, 4) is 22.3 Å². The minimum atomic E-state index is 0.0318. The van der Waals surface area contributed by atoms with Gasteiger partial charge in [-0.05, 0) is 122 Å². The summed E-state index contributed by atoms with van der Waals surface area (Å²) in [6, 6.07) is 47.0. The zero-order valence-corrected chi connectivity index (χ0v) is 28.8. The molecule has 6 aromatic rings. The van der Waals surface area contributed by atoms with Crippen LogP contribution in [0.4, 0.5) is 28.4 Å². The van der Waals surface area contributed by atoms with Crippen molar-refractivity contribution in [2.24, 2.45) is 5.92 Å². The molecule has 2 aliphatic carbocycles. The minimum absolute atomic E-state index is 0.0318. The highest BCUT2D eigenvalue weighted by Gasteiger charge is 2.44. The van der Waals surface area contributed by atoms with E-state index in [1.54, 1.807) is 0 Å². The largest absolute Gasteiger partial charge is 0.355 e. The fourth-order valence-electron chi connectivity index (χ4n) is 8.74. The number of fused-ring (bicyclic) bond motifs is 7. The average molecular weight is 655 g/mol. The lowest BCUT2D eigenvalue weighted by Gasteiger charge is -2.31. The van der Waals surface area contributed by atoms with Gasteiger partial charge in [0.15, 0.2) is 0 Å². The monoisotopic (exact) mass is 654 g/mol. The van der Waals surface area contributed by atoms with Gasteiger partial charge >= 0.3 is 0 Å². The molecule has 2 heteroatoms. The van der Waals surface area contributed by atoms with Crippen LogP contribution in [-0.4, -0.2) is 0 Å². The Kier molecular flexibility index (Phi) is 6.69. The quantitative estimate of drug-likeness (QED) is 0.204. The number of hydrogen-bond donors (Lipinski definition) is 1. The van der Waals surface area contributed by atoms with Crippen molar-refractivity contribution in [2.45, 2.75) is 25.2 Å². The summed E-state index contributed by atoms with van der Waals surface area (Å²) in [5.41, 5.74) is 18.4. The number of benzene rings is 6. The minimum Gasteiger partial charge on any atom is -0.355 e. The van der Waals surface area contributed by atoms with Crippen molar-refractivity contribution in [1.29, 1.82) is 0 Å². The smallest absolute Gasteiger partial charge is 0.0534 e. The number of para-hydroxylation sites is 1. The molecule has 6 aromatic carbocycles. The summed E-state index contributed by atoms with van der Waals surface area (Å²) in [6.07, 6.45) is 18.3. The van der Waals surface area contributed by atoms with Gasteiger partial charge in [-0.2, -0.15) is 0 Å².